The first-order valence-corrected chi connectivity index (χ1v) is 19.6. The summed E-state index contributed by atoms with van der Waals surface area (Å²) >= 11 is 0. The average molecular weight is 713 g/mol. The van der Waals surface area contributed by atoms with Gasteiger partial charge in [0.05, 0.1) is 17.2 Å². The number of aryl methyl sites for hydroxylation is 1. The van der Waals surface area contributed by atoms with Crippen molar-refractivity contribution in [2.24, 2.45) is 0 Å². The Hall–Kier alpha value is -5.01. The molecule has 4 aromatic rings. The number of hydrogen-bond acceptors (Lipinski definition) is 7. The van der Waals surface area contributed by atoms with Crippen LogP contribution in [0.4, 0.5) is 5.69 Å². The van der Waals surface area contributed by atoms with Gasteiger partial charge in [0, 0.05) is 39.7 Å². The number of aliphatic hydroxyl groups excluding tert-OH is 2. The van der Waals surface area contributed by atoms with Crippen LogP contribution in [0.1, 0.15) is 102 Å². The molecule has 7 heteroatoms. The third-order valence-electron chi connectivity index (χ3n) is 10.3. The third-order valence-corrected chi connectivity index (χ3v) is 10.3. The van der Waals surface area contributed by atoms with Crippen molar-refractivity contribution in [3.63, 3.8) is 0 Å². The second-order valence-corrected chi connectivity index (χ2v) is 14.2. The summed E-state index contributed by atoms with van der Waals surface area (Å²) < 4.78 is 6.53. The number of aromatic nitrogens is 1. The van der Waals surface area contributed by atoms with Crippen LogP contribution < -0.4 is 26.3 Å². The van der Waals surface area contributed by atoms with Crippen LogP contribution in [0, 0.1) is 10.4 Å². The highest BCUT2D eigenvalue weighted by atomic mass is 16.5. The fraction of sp³-hybridized carbons (Fsp3) is 0.370. The van der Waals surface area contributed by atoms with Crippen molar-refractivity contribution in [3.8, 4) is 11.5 Å². The molecule has 2 aliphatic rings. The summed E-state index contributed by atoms with van der Waals surface area (Å²) in [6.45, 7) is 2.30. The van der Waals surface area contributed by atoms with Gasteiger partial charge in [-0.3, -0.25) is 9.59 Å². The molecule has 0 spiro atoms. The molecule has 0 amide bonds. The summed E-state index contributed by atoms with van der Waals surface area (Å²) in [5, 5.41) is 26.7. The summed E-state index contributed by atoms with van der Waals surface area (Å²) in [4.78, 5) is 32.7. The van der Waals surface area contributed by atoms with Gasteiger partial charge in [0.1, 0.15) is 17.0 Å². The molecular weight excluding hydrogens is 661 g/mol. The Bertz CT molecular complexity index is 2340. The van der Waals surface area contributed by atoms with Crippen molar-refractivity contribution < 1.29 is 14.9 Å². The van der Waals surface area contributed by atoms with Crippen molar-refractivity contribution >= 4 is 33.1 Å². The molecule has 4 aromatic carbocycles. The van der Waals surface area contributed by atoms with Gasteiger partial charge in [-0.25, -0.2) is 4.98 Å². The number of ether oxygens (including phenoxy) is 1. The monoisotopic (exact) mass is 712 g/mol. The molecule has 0 unspecified atom stereocenters. The Morgan fingerprint density at radius 1 is 0.717 bits per heavy atom. The Morgan fingerprint density at radius 2 is 1.36 bits per heavy atom. The number of hydrogen-bond donors (Lipinski definition) is 3. The smallest absolute Gasteiger partial charge is 0.282 e. The maximum Gasteiger partial charge on any atom is 0.282 e. The lowest BCUT2D eigenvalue weighted by Crippen LogP contribution is -2.33. The van der Waals surface area contributed by atoms with Crippen LogP contribution >= 0.6 is 0 Å². The highest BCUT2D eigenvalue weighted by molar-refractivity contribution is 5.96. The SMILES string of the molecule is CCCCCCCCCCCCCCCc1cccc(Oc2cc(NCCO)c3c4c2nc(=O)/c(=C(\O)c2ccccc2)c=4c2ccccc2c3=O)c1. The number of anilines is 1. The predicted molar refractivity (Wildman–Crippen MR) is 217 cm³/mol. The molecule has 0 fully saturated rings. The van der Waals surface area contributed by atoms with Gasteiger partial charge in [0.2, 0.25) is 0 Å². The van der Waals surface area contributed by atoms with Gasteiger partial charge in [0.15, 0.2) is 11.2 Å². The normalized spacial score (nSPS) is 12.2. The number of unbranched alkanes of at least 4 members (excludes halogenated alkanes) is 12. The van der Waals surface area contributed by atoms with Crippen molar-refractivity contribution in [1.82, 2.24) is 4.98 Å². The van der Waals surface area contributed by atoms with Gasteiger partial charge < -0.3 is 20.3 Å². The quantitative estimate of drug-likeness (QED) is 0.0677. The molecule has 53 heavy (non-hydrogen) atoms. The van der Waals surface area contributed by atoms with E-state index in [1.54, 1.807) is 48.5 Å². The van der Waals surface area contributed by atoms with Crippen LogP contribution in [0.15, 0.2) is 94.5 Å². The van der Waals surface area contributed by atoms with E-state index >= 15 is 0 Å². The summed E-state index contributed by atoms with van der Waals surface area (Å²) in [5.41, 5.74) is 1.46. The summed E-state index contributed by atoms with van der Waals surface area (Å²) in [6, 6.07) is 25.6. The van der Waals surface area contributed by atoms with E-state index in [4.69, 9.17) is 4.74 Å². The number of aliphatic hydroxyl groups is 2. The lowest BCUT2D eigenvalue weighted by atomic mass is 9.96. The average Bonchev–Trinajstić information content (AvgIpc) is 3.18. The third kappa shape index (κ3) is 8.97. The van der Waals surface area contributed by atoms with Gasteiger partial charge in [-0.05, 0) is 35.9 Å². The van der Waals surface area contributed by atoms with Gasteiger partial charge in [0.25, 0.3) is 5.56 Å². The molecule has 0 saturated carbocycles. The zero-order chi connectivity index (χ0) is 37.0. The topological polar surface area (TPSA) is 109 Å². The van der Waals surface area contributed by atoms with Crippen LogP contribution in [-0.2, 0) is 6.42 Å². The van der Waals surface area contributed by atoms with Gasteiger partial charge in [-0.2, -0.15) is 0 Å². The van der Waals surface area contributed by atoms with Crippen LogP contribution in [0.5, 0.6) is 11.5 Å². The molecule has 7 nitrogen and oxygen atoms in total. The molecule has 1 heterocycles. The minimum Gasteiger partial charge on any atom is -0.506 e. The molecule has 276 valence electrons. The molecule has 6 rings (SSSR count). The van der Waals surface area contributed by atoms with E-state index in [-0.39, 0.29) is 35.1 Å². The number of nitrogens with one attached hydrogen (secondary N) is 1. The van der Waals surface area contributed by atoms with E-state index in [9.17, 15) is 19.8 Å². The van der Waals surface area contributed by atoms with E-state index in [0.29, 0.717) is 49.3 Å². The molecule has 0 radical (unpaired) electrons. The zero-order valence-electron chi connectivity index (χ0n) is 31.0. The van der Waals surface area contributed by atoms with Crippen LogP contribution in [0.2, 0.25) is 0 Å². The molecule has 0 aromatic heterocycles. The van der Waals surface area contributed by atoms with Crippen molar-refractivity contribution in [3.05, 3.63) is 132 Å². The lowest BCUT2D eigenvalue weighted by molar-refractivity contribution is 0.311. The first kappa shape index (κ1) is 37.7. The fourth-order valence-corrected chi connectivity index (χ4v) is 7.54. The number of fused-ring (bicyclic) bond motifs is 2. The summed E-state index contributed by atoms with van der Waals surface area (Å²) in [5.74, 6) is 0.687. The van der Waals surface area contributed by atoms with Crippen LogP contribution in [-0.4, -0.2) is 28.3 Å². The molecule has 1 aliphatic heterocycles. The summed E-state index contributed by atoms with van der Waals surface area (Å²) in [6.07, 6.45) is 18.0. The van der Waals surface area contributed by atoms with Gasteiger partial charge >= 0.3 is 0 Å². The Labute approximate surface area is 311 Å². The highest BCUT2D eigenvalue weighted by Gasteiger charge is 2.21. The first-order chi connectivity index (χ1) is 26.0. The van der Waals surface area contributed by atoms with Crippen molar-refractivity contribution in [2.75, 3.05) is 18.5 Å². The van der Waals surface area contributed by atoms with Crippen LogP contribution in [0.3, 0.4) is 0 Å². The molecule has 0 atom stereocenters. The Morgan fingerprint density at radius 3 is 2.04 bits per heavy atom. The number of nitrogens with zero attached hydrogens (tertiary/aromatic N) is 1. The highest BCUT2D eigenvalue weighted by Crippen LogP contribution is 2.34. The maximum atomic E-state index is 14.2. The van der Waals surface area contributed by atoms with Crippen molar-refractivity contribution in [1.29, 1.82) is 0 Å². The number of benzene rings is 4. The Kier molecular flexibility index (Phi) is 13.3. The zero-order valence-corrected chi connectivity index (χ0v) is 31.0. The van der Waals surface area contributed by atoms with E-state index in [0.717, 1.165) is 18.4 Å². The molecule has 3 N–H and O–H groups in total. The Balaban J connectivity index is 1.29. The second-order valence-electron chi connectivity index (χ2n) is 14.2. The molecular formula is C46H52N2O5. The standard InChI is InChI=1S/C46H52N2O5/c1-2-3-4-5-6-7-8-9-10-11-12-13-15-21-32-22-20-25-34(30-32)53-38-31-37(47-28-29-49)40-41-39(35-26-18-19-27-36(35)45(40)51)42(46(52)48-43(38)41)44(50)33-23-16-14-17-24-33/h14,16-20,22-27,30-31,47,49-50H,2-13,15,21,28-29H2,1H3/b44-42-. The van der Waals surface area contributed by atoms with Gasteiger partial charge in [-0.15, -0.1) is 0 Å². The van der Waals surface area contributed by atoms with Gasteiger partial charge in [-0.1, -0.05) is 151 Å². The van der Waals surface area contributed by atoms with E-state index < -0.39 is 5.56 Å². The van der Waals surface area contributed by atoms with E-state index in [1.165, 1.54) is 77.0 Å². The largest absolute Gasteiger partial charge is 0.506 e. The molecule has 0 saturated heterocycles. The first-order valence-electron chi connectivity index (χ1n) is 19.6. The number of rotatable bonds is 20. The predicted octanol–water partition coefficient (Wildman–Crippen LogP) is 9.53. The summed E-state index contributed by atoms with van der Waals surface area (Å²) in [7, 11) is 0. The molecule has 0 bridgehead atoms. The van der Waals surface area contributed by atoms with E-state index in [1.807, 2.05) is 30.3 Å². The van der Waals surface area contributed by atoms with E-state index in [2.05, 4.69) is 23.3 Å². The maximum absolute atomic E-state index is 14.2. The fourth-order valence-electron chi connectivity index (χ4n) is 7.54. The second kappa shape index (κ2) is 18.7. The lowest BCUT2D eigenvalue weighted by Gasteiger charge is -2.16. The van der Waals surface area contributed by atoms with Crippen LogP contribution in [0.25, 0.3) is 27.4 Å². The van der Waals surface area contributed by atoms with Crippen molar-refractivity contribution in [2.45, 2.75) is 96.8 Å². The molecule has 1 aliphatic carbocycles. The minimum absolute atomic E-state index is 0.0231. The minimum atomic E-state index is -0.624.